The maximum atomic E-state index is 12.3. The van der Waals surface area contributed by atoms with Gasteiger partial charge in [0.2, 0.25) is 5.91 Å². The third kappa shape index (κ3) is 3.68. The average Bonchev–Trinajstić information content (AvgIpc) is 2.98. The number of anilines is 1. The van der Waals surface area contributed by atoms with Gasteiger partial charge in [-0.15, -0.1) is 5.10 Å². The summed E-state index contributed by atoms with van der Waals surface area (Å²) in [7, 11) is 0. The van der Waals surface area contributed by atoms with E-state index >= 15 is 0 Å². The Morgan fingerprint density at radius 3 is 2.62 bits per heavy atom. The van der Waals surface area contributed by atoms with E-state index in [1.807, 2.05) is 44.2 Å². The summed E-state index contributed by atoms with van der Waals surface area (Å²) in [5.74, 6) is 1.13. The van der Waals surface area contributed by atoms with Crippen molar-refractivity contribution in [1.82, 2.24) is 15.2 Å². The number of amides is 1. The number of aromatic nitrogens is 3. The summed E-state index contributed by atoms with van der Waals surface area (Å²) < 4.78 is 0. The van der Waals surface area contributed by atoms with Crippen LogP contribution in [0.5, 0.6) is 0 Å². The largest absolute Gasteiger partial charge is 0.279 e. The Bertz CT molecular complexity index is 577. The van der Waals surface area contributed by atoms with Crippen LogP contribution in [0.4, 0.5) is 5.95 Å². The Morgan fingerprint density at radius 1 is 1.29 bits per heavy atom. The molecule has 0 saturated heterocycles. The zero-order valence-electron chi connectivity index (χ0n) is 12.8. The molecule has 1 aromatic heterocycles. The molecule has 0 aliphatic heterocycles. The quantitative estimate of drug-likeness (QED) is 0.886. The lowest BCUT2D eigenvalue weighted by atomic mass is 10.2. The third-order valence-electron chi connectivity index (χ3n) is 3.26. The standard InChI is InChI=1S/C16H22N4O/c1-4-5-11-20(15(21)12(2)3)16-17-14(18-19-16)13-9-7-6-8-10-13/h6-10,12H,4-5,11H2,1-3H3,(H,17,18,19). The minimum Gasteiger partial charge on any atom is -0.279 e. The summed E-state index contributed by atoms with van der Waals surface area (Å²) >= 11 is 0. The van der Waals surface area contributed by atoms with Crippen LogP contribution in [0.25, 0.3) is 11.4 Å². The van der Waals surface area contributed by atoms with Crippen molar-refractivity contribution in [2.75, 3.05) is 11.4 Å². The number of carbonyl (C=O) groups is 1. The van der Waals surface area contributed by atoms with Gasteiger partial charge in [0.05, 0.1) is 0 Å². The van der Waals surface area contributed by atoms with E-state index in [0.717, 1.165) is 18.4 Å². The summed E-state index contributed by atoms with van der Waals surface area (Å²) in [5.41, 5.74) is 0.962. The van der Waals surface area contributed by atoms with Crippen molar-refractivity contribution in [2.45, 2.75) is 33.6 Å². The molecule has 5 nitrogen and oxygen atoms in total. The SMILES string of the molecule is CCCCN(C(=O)C(C)C)c1n[nH]c(-c2ccccc2)n1. The molecule has 0 unspecified atom stereocenters. The monoisotopic (exact) mass is 286 g/mol. The van der Waals surface area contributed by atoms with Crippen LogP contribution in [-0.2, 0) is 4.79 Å². The maximum Gasteiger partial charge on any atom is 0.251 e. The van der Waals surface area contributed by atoms with Crippen LogP contribution in [0.3, 0.4) is 0 Å². The van der Waals surface area contributed by atoms with Crippen molar-refractivity contribution in [2.24, 2.45) is 5.92 Å². The van der Waals surface area contributed by atoms with Crippen LogP contribution in [0.15, 0.2) is 30.3 Å². The Hall–Kier alpha value is -2.17. The van der Waals surface area contributed by atoms with Gasteiger partial charge in [-0.3, -0.25) is 14.8 Å². The summed E-state index contributed by atoms with van der Waals surface area (Å²) in [6.45, 7) is 6.54. The average molecular weight is 286 g/mol. The van der Waals surface area contributed by atoms with Crippen LogP contribution < -0.4 is 4.90 Å². The highest BCUT2D eigenvalue weighted by atomic mass is 16.2. The number of H-pyrrole nitrogens is 1. The molecular formula is C16H22N4O. The van der Waals surface area contributed by atoms with Gasteiger partial charge in [0.15, 0.2) is 5.82 Å². The van der Waals surface area contributed by atoms with Crippen LogP contribution in [0.2, 0.25) is 0 Å². The van der Waals surface area contributed by atoms with Crippen molar-refractivity contribution >= 4 is 11.9 Å². The lowest BCUT2D eigenvalue weighted by Gasteiger charge is -2.20. The molecule has 0 spiro atoms. The number of nitrogens with one attached hydrogen (secondary N) is 1. The van der Waals surface area contributed by atoms with Crippen molar-refractivity contribution in [3.8, 4) is 11.4 Å². The maximum absolute atomic E-state index is 12.3. The van der Waals surface area contributed by atoms with E-state index in [1.54, 1.807) is 4.90 Å². The van der Waals surface area contributed by atoms with E-state index in [0.29, 0.717) is 18.3 Å². The van der Waals surface area contributed by atoms with Gasteiger partial charge < -0.3 is 0 Å². The zero-order valence-corrected chi connectivity index (χ0v) is 12.8. The number of benzene rings is 1. The Morgan fingerprint density at radius 2 is 2.00 bits per heavy atom. The van der Waals surface area contributed by atoms with Crippen molar-refractivity contribution in [1.29, 1.82) is 0 Å². The van der Waals surface area contributed by atoms with E-state index in [1.165, 1.54) is 0 Å². The number of nitrogens with zero attached hydrogens (tertiary/aromatic N) is 3. The molecule has 0 bridgehead atoms. The van der Waals surface area contributed by atoms with Crippen LogP contribution >= 0.6 is 0 Å². The van der Waals surface area contributed by atoms with Gasteiger partial charge in [-0.1, -0.05) is 57.5 Å². The van der Waals surface area contributed by atoms with E-state index in [4.69, 9.17) is 0 Å². The molecule has 21 heavy (non-hydrogen) atoms. The summed E-state index contributed by atoms with van der Waals surface area (Å²) in [6, 6.07) is 9.78. The molecule has 1 aromatic carbocycles. The first-order chi connectivity index (χ1) is 10.1. The summed E-state index contributed by atoms with van der Waals surface area (Å²) in [5, 5.41) is 7.14. The van der Waals surface area contributed by atoms with Gasteiger partial charge >= 0.3 is 0 Å². The lowest BCUT2D eigenvalue weighted by Crippen LogP contribution is -2.36. The topological polar surface area (TPSA) is 61.9 Å². The second kappa shape index (κ2) is 7.02. The van der Waals surface area contributed by atoms with Gasteiger partial charge in [0.1, 0.15) is 0 Å². The van der Waals surface area contributed by atoms with E-state index in [-0.39, 0.29) is 11.8 Å². The lowest BCUT2D eigenvalue weighted by molar-refractivity contribution is -0.121. The first-order valence-electron chi connectivity index (χ1n) is 7.42. The van der Waals surface area contributed by atoms with Gasteiger partial charge in [0.25, 0.3) is 5.95 Å². The van der Waals surface area contributed by atoms with Gasteiger partial charge in [-0.2, -0.15) is 4.98 Å². The van der Waals surface area contributed by atoms with E-state index in [2.05, 4.69) is 22.1 Å². The first-order valence-corrected chi connectivity index (χ1v) is 7.42. The Kier molecular flexibility index (Phi) is 5.09. The first kappa shape index (κ1) is 15.2. The number of hydrogen-bond donors (Lipinski definition) is 1. The minimum atomic E-state index is -0.0690. The second-order valence-electron chi connectivity index (χ2n) is 5.35. The molecule has 5 heteroatoms. The number of carbonyl (C=O) groups excluding carboxylic acids is 1. The normalized spacial score (nSPS) is 10.9. The number of unbranched alkanes of at least 4 members (excludes halogenated alkanes) is 1. The molecule has 0 atom stereocenters. The molecule has 2 rings (SSSR count). The highest BCUT2D eigenvalue weighted by molar-refractivity contribution is 5.93. The van der Waals surface area contributed by atoms with E-state index in [9.17, 15) is 4.79 Å². The molecule has 1 amide bonds. The van der Waals surface area contributed by atoms with Crippen molar-refractivity contribution in [3.63, 3.8) is 0 Å². The smallest absolute Gasteiger partial charge is 0.251 e. The van der Waals surface area contributed by atoms with Gasteiger partial charge in [-0.25, -0.2) is 0 Å². The molecule has 1 N–H and O–H groups in total. The van der Waals surface area contributed by atoms with Crippen LogP contribution in [-0.4, -0.2) is 27.6 Å². The molecule has 0 aliphatic carbocycles. The van der Waals surface area contributed by atoms with Crippen molar-refractivity contribution in [3.05, 3.63) is 30.3 Å². The predicted molar refractivity (Wildman–Crippen MR) is 83.9 cm³/mol. The number of rotatable bonds is 6. The Balaban J connectivity index is 2.25. The van der Waals surface area contributed by atoms with Crippen LogP contribution in [0.1, 0.15) is 33.6 Å². The fourth-order valence-corrected chi connectivity index (χ4v) is 2.04. The fraction of sp³-hybridized carbons (Fsp3) is 0.438. The second-order valence-corrected chi connectivity index (χ2v) is 5.35. The zero-order chi connectivity index (χ0) is 15.2. The van der Waals surface area contributed by atoms with Crippen molar-refractivity contribution < 1.29 is 4.79 Å². The minimum absolute atomic E-state index is 0.0575. The highest BCUT2D eigenvalue weighted by Crippen LogP contribution is 2.19. The highest BCUT2D eigenvalue weighted by Gasteiger charge is 2.22. The Labute approximate surface area is 125 Å². The molecule has 0 aliphatic rings. The summed E-state index contributed by atoms with van der Waals surface area (Å²) in [4.78, 5) is 18.5. The number of hydrogen-bond acceptors (Lipinski definition) is 3. The molecule has 0 saturated carbocycles. The molecule has 0 radical (unpaired) electrons. The third-order valence-corrected chi connectivity index (χ3v) is 3.26. The molecular weight excluding hydrogens is 264 g/mol. The summed E-state index contributed by atoms with van der Waals surface area (Å²) in [6.07, 6.45) is 1.96. The fourth-order valence-electron chi connectivity index (χ4n) is 2.04. The molecule has 1 heterocycles. The van der Waals surface area contributed by atoms with Crippen LogP contribution in [0, 0.1) is 5.92 Å². The number of aromatic amines is 1. The van der Waals surface area contributed by atoms with E-state index < -0.39 is 0 Å². The predicted octanol–water partition coefficient (Wildman–Crippen LogP) is 3.26. The molecule has 0 fully saturated rings. The molecule has 112 valence electrons. The molecule has 2 aromatic rings. The van der Waals surface area contributed by atoms with Gasteiger partial charge in [-0.05, 0) is 6.42 Å². The van der Waals surface area contributed by atoms with Gasteiger partial charge in [0, 0.05) is 18.0 Å².